The van der Waals surface area contributed by atoms with Crippen molar-refractivity contribution in [3.63, 3.8) is 0 Å². The largest absolute Gasteiger partial charge is 0.467 e. The van der Waals surface area contributed by atoms with E-state index in [1.165, 1.54) is 7.11 Å². The lowest BCUT2D eigenvalue weighted by Gasteiger charge is -2.16. The molecule has 0 aliphatic heterocycles. The van der Waals surface area contributed by atoms with Crippen LogP contribution in [0.5, 0.6) is 0 Å². The smallest absolute Gasteiger partial charge is 0.405 e. The van der Waals surface area contributed by atoms with Gasteiger partial charge in [-0.1, -0.05) is 6.07 Å². The van der Waals surface area contributed by atoms with Crippen LogP contribution >= 0.6 is 0 Å². The van der Waals surface area contributed by atoms with Gasteiger partial charge in [-0.05, 0) is 24.1 Å². The van der Waals surface area contributed by atoms with E-state index in [4.69, 9.17) is 16.6 Å². The Morgan fingerprint density at radius 2 is 2.05 bits per heavy atom. The third kappa shape index (κ3) is 3.77. The first-order valence-electron chi connectivity index (χ1n) is 5.57. The summed E-state index contributed by atoms with van der Waals surface area (Å²) in [5.74, 6) is -0.657. The van der Waals surface area contributed by atoms with Gasteiger partial charge < -0.3 is 26.6 Å². The van der Waals surface area contributed by atoms with E-state index in [1.807, 2.05) is 0 Å². The van der Waals surface area contributed by atoms with Gasteiger partial charge in [-0.25, -0.2) is 9.59 Å². The Hall–Kier alpha value is -2.44. The first-order chi connectivity index (χ1) is 8.85. The van der Waals surface area contributed by atoms with Gasteiger partial charge in [-0.15, -0.1) is 0 Å². The van der Waals surface area contributed by atoms with Crippen molar-refractivity contribution < 1.29 is 19.4 Å². The van der Waals surface area contributed by atoms with Gasteiger partial charge >= 0.3 is 12.1 Å². The molecule has 0 spiro atoms. The molecule has 1 aromatic carbocycles. The van der Waals surface area contributed by atoms with Crippen LogP contribution in [-0.2, 0) is 16.0 Å². The summed E-state index contributed by atoms with van der Waals surface area (Å²) in [6, 6.07) is 2.39. The topological polar surface area (TPSA) is 128 Å². The Labute approximate surface area is 110 Å². The first kappa shape index (κ1) is 14.6. The summed E-state index contributed by atoms with van der Waals surface area (Å²) >= 11 is 0. The number of methoxy groups -OCH3 is 1. The van der Waals surface area contributed by atoms with Crippen LogP contribution in [0.1, 0.15) is 11.1 Å². The number of aryl methyl sites for hydroxylation is 1. The molecule has 0 radical (unpaired) electrons. The molecule has 0 aromatic heterocycles. The molecular formula is C12H17N3O4. The predicted octanol–water partition coefficient (Wildman–Crippen LogP) is 0.511. The molecule has 1 aromatic rings. The number of amides is 1. The molecule has 0 heterocycles. The highest BCUT2D eigenvalue weighted by Gasteiger charge is 2.22. The predicted molar refractivity (Wildman–Crippen MR) is 70.7 cm³/mol. The van der Waals surface area contributed by atoms with E-state index in [9.17, 15) is 9.59 Å². The number of hydrogen-bond donors (Lipinski definition) is 4. The van der Waals surface area contributed by atoms with E-state index in [1.54, 1.807) is 19.1 Å². The van der Waals surface area contributed by atoms with Crippen LogP contribution in [0.4, 0.5) is 16.2 Å². The van der Waals surface area contributed by atoms with Crippen molar-refractivity contribution in [1.29, 1.82) is 0 Å². The van der Waals surface area contributed by atoms with Crippen molar-refractivity contribution in [3.05, 3.63) is 23.3 Å². The van der Waals surface area contributed by atoms with E-state index in [-0.39, 0.29) is 6.42 Å². The third-order valence-corrected chi connectivity index (χ3v) is 2.70. The number of ether oxygens (including phenoxy) is 1. The fourth-order valence-corrected chi connectivity index (χ4v) is 1.74. The summed E-state index contributed by atoms with van der Waals surface area (Å²) in [4.78, 5) is 22.1. The van der Waals surface area contributed by atoms with Crippen molar-refractivity contribution in [3.8, 4) is 0 Å². The van der Waals surface area contributed by atoms with Gasteiger partial charge in [0.1, 0.15) is 6.04 Å². The van der Waals surface area contributed by atoms with Crippen LogP contribution in [0.15, 0.2) is 12.1 Å². The molecule has 0 aliphatic carbocycles. The van der Waals surface area contributed by atoms with E-state index >= 15 is 0 Å². The fraction of sp³-hybridized carbons (Fsp3) is 0.333. The molecule has 7 heteroatoms. The molecule has 0 fully saturated rings. The molecule has 6 N–H and O–H groups in total. The SMILES string of the molecule is COC(=O)[C@@H](Cc1cc(C)c(N)c(N)c1)NC(=O)O. The number of nitrogen functional groups attached to an aromatic ring is 2. The molecule has 19 heavy (non-hydrogen) atoms. The van der Waals surface area contributed by atoms with Gasteiger partial charge in [-0.2, -0.15) is 0 Å². The van der Waals surface area contributed by atoms with Crippen molar-refractivity contribution >= 4 is 23.4 Å². The molecule has 0 bridgehead atoms. The molecule has 0 saturated carbocycles. The van der Waals surface area contributed by atoms with E-state index < -0.39 is 18.1 Å². The van der Waals surface area contributed by atoms with E-state index in [0.717, 1.165) is 5.56 Å². The molecule has 0 saturated heterocycles. The normalized spacial score (nSPS) is 11.7. The summed E-state index contributed by atoms with van der Waals surface area (Å²) in [7, 11) is 1.20. The summed E-state index contributed by atoms with van der Waals surface area (Å²) in [5.41, 5.74) is 13.8. The van der Waals surface area contributed by atoms with Crippen LogP contribution < -0.4 is 16.8 Å². The minimum absolute atomic E-state index is 0.143. The highest BCUT2D eigenvalue weighted by molar-refractivity contribution is 5.81. The number of nitrogens with two attached hydrogens (primary N) is 2. The number of benzene rings is 1. The maximum absolute atomic E-state index is 11.5. The Kier molecular flexibility index (Phi) is 4.57. The Balaban J connectivity index is 2.96. The van der Waals surface area contributed by atoms with Gasteiger partial charge in [0.15, 0.2) is 0 Å². The highest BCUT2D eigenvalue weighted by atomic mass is 16.5. The van der Waals surface area contributed by atoms with Crippen molar-refractivity contribution in [2.75, 3.05) is 18.6 Å². The molecule has 1 amide bonds. The molecule has 1 atom stereocenters. The van der Waals surface area contributed by atoms with Crippen LogP contribution in [-0.4, -0.2) is 30.3 Å². The second-order valence-corrected chi connectivity index (χ2v) is 4.14. The van der Waals surface area contributed by atoms with Crippen molar-refractivity contribution in [2.45, 2.75) is 19.4 Å². The molecule has 7 nitrogen and oxygen atoms in total. The van der Waals surface area contributed by atoms with Crippen molar-refractivity contribution in [2.24, 2.45) is 0 Å². The quantitative estimate of drug-likeness (QED) is 0.465. The van der Waals surface area contributed by atoms with Crippen molar-refractivity contribution in [1.82, 2.24) is 5.32 Å². The van der Waals surface area contributed by atoms with Gasteiger partial charge in [-0.3, -0.25) is 0 Å². The van der Waals surface area contributed by atoms with Gasteiger partial charge in [0.2, 0.25) is 0 Å². The Morgan fingerprint density at radius 1 is 1.42 bits per heavy atom. The fourth-order valence-electron chi connectivity index (χ4n) is 1.74. The first-order valence-corrected chi connectivity index (χ1v) is 5.57. The van der Waals surface area contributed by atoms with E-state index in [2.05, 4.69) is 10.1 Å². The lowest BCUT2D eigenvalue weighted by Crippen LogP contribution is -2.42. The molecular weight excluding hydrogens is 250 g/mol. The summed E-state index contributed by atoms with van der Waals surface area (Å²) in [5, 5.41) is 10.8. The van der Waals surface area contributed by atoms with Crippen LogP contribution in [0.25, 0.3) is 0 Å². The average Bonchev–Trinajstić information content (AvgIpc) is 2.33. The van der Waals surface area contributed by atoms with Gasteiger partial charge in [0.25, 0.3) is 0 Å². The number of esters is 1. The lowest BCUT2D eigenvalue weighted by molar-refractivity contribution is -0.142. The maximum Gasteiger partial charge on any atom is 0.405 e. The number of anilines is 2. The molecule has 104 valence electrons. The van der Waals surface area contributed by atoms with Gasteiger partial charge in [0.05, 0.1) is 18.5 Å². The summed E-state index contributed by atoms with van der Waals surface area (Å²) in [6.07, 6.45) is -1.15. The second kappa shape index (κ2) is 5.94. The van der Waals surface area contributed by atoms with Crippen LogP contribution in [0.3, 0.4) is 0 Å². The number of hydrogen-bond acceptors (Lipinski definition) is 5. The molecule has 0 aliphatic rings. The Morgan fingerprint density at radius 3 is 2.53 bits per heavy atom. The number of carboxylic acid groups (broad SMARTS) is 1. The Bertz CT molecular complexity index is 479. The zero-order valence-corrected chi connectivity index (χ0v) is 10.8. The minimum atomic E-state index is -1.30. The van der Waals surface area contributed by atoms with Crippen LogP contribution in [0.2, 0.25) is 0 Å². The van der Waals surface area contributed by atoms with Gasteiger partial charge in [0, 0.05) is 6.42 Å². The second-order valence-electron chi connectivity index (χ2n) is 4.14. The zero-order valence-electron chi connectivity index (χ0n) is 10.8. The van der Waals surface area contributed by atoms with Crippen LogP contribution in [0, 0.1) is 6.92 Å². The van der Waals surface area contributed by atoms with E-state index in [0.29, 0.717) is 16.9 Å². The molecule has 1 rings (SSSR count). The number of rotatable bonds is 4. The number of carbonyl (C=O) groups is 2. The minimum Gasteiger partial charge on any atom is -0.467 e. The standard InChI is InChI=1S/C12H17N3O4/c1-6-3-7(4-8(13)10(6)14)5-9(11(16)19-2)15-12(17)18/h3-4,9,15H,5,13-14H2,1-2H3,(H,17,18)/t9-/m1/s1. The summed E-state index contributed by atoms with van der Waals surface area (Å²) < 4.78 is 4.55. The molecule has 0 unspecified atom stereocenters. The number of nitrogens with one attached hydrogen (secondary N) is 1. The highest BCUT2D eigenvalue weighted by Crippen LogP contribution is 2.22. The lowest BCUT2D eigenvalue weighted by atomic mass is 10.0. The monoisotopic (exact) mass is 267 g/mol. The maximum atomic E-state index is 11.5. The third-order valence-electron chi connectivity index (χ3n) is 2.70. The number of carbonyl (C=O) groups excluding carboxylic acids is 1. The average molecular weight is 267 g/mol. The summed E-state index contributed by atoms with van der Waals surface area (Å²) in [6.45, 7) is 1.78. The zero-order chi connectivity index (χ0) is 14.6.